The van der Waals surface area contributed by atoms with Crippen LogP contribution in [0.3, 0.4) is 0 Å². The van der Waals surface area contributed by atoms with Crippen molar-refractivity contribution in [2.45, 2.75) is 13.2 Å². The van der Waals surface area contributed by atoms with Crippen LogP contribution in [0.4, 0.5) is 0 Å². The molecule has 0 unspecified atom stereocenters. The third-order valence-electron chi connectivity index (χ3n) is 3.53. The van der Waals surface area contributed by atoms with E-state index >= 15 is 0 Å². The molecule has 20 heavy (non-hydrogen) atoms. The molecule has 102 valence electrons. The van der Waals surface area contributed by atoms with Gasteiger partial charge in [0.25, 0.3) is 0 Å². The topological polar surface area (TPSA) is 34.4 Å². The Morgan fingerprint density at radius 1 is 1.00 bits per heavy atom. The summed E-state index contributed by atoms with van der Waals surface area (Å²) in [5.74, 6) is 0.874. The number of benzene rings is 2. The molecule has 3 aromatic rings. The zero-order chi connectivity index (χ0) is 13.9. The lowest BCUT2D eigenvalue weighted by Crippen LogP contribution is -1.98. The standard InChI is InChI=1S/C17H17NO2/c1-20-16-5-2-13(3-6-16)11-18-9-8-15-10-14(12-19)4-7-17(15)18/h2-10,19H,11-12H2,1H3. The van der Waals surface area contributed by atoms with E-state index in [0.29, 0.717) is 0 Å². The fourth-order valence-corrected chi connectivity index (χ4v) is 2.41. The molecule has 0 saturated carbocycles. The van der Waals surface area contributed by atoms with E-state index in [1.54, 1.807) is 7.11 Å². The van der Waals surface area contributed by atoms with Gasteiger partial charge in [-0.1, -0.05) is 18.2 Å². The fourth-order valence-electron chi connectivity index (χ4n) is 2.41. The molecular formula is C17H17NO2. The molecule has 0 atom stereocenters. The number of aliphatic hydroxyl groups excluding tert-OH is 1. The number of fused-ring (bicyclic) bond motifs is 1. The highest BCUT2D eigenvalue weighted by atomic mass is 16.5. The second-order valence-corrected chi connectivity index (χ2v) is 4.84. The summed E-state index contributed by atoms with van der Waals surface area (Å²) in [6.45, 7) is 0.908. The van der Waals surface area contributed by atoms with Crippen LogP contribution in [0.25, 0.3) is 10.9 Å². The van der Waals surface area contributed by atoms with Gasteiger partial charge in [0.05, 0.1) is 13.7 Å². The van der Waals surface area contributed by atoms with E-state index < -0.39 is 0 Å². The summed E-state index contributed by atoms with van der Waals surface area (Å²) in [7, 11) is 1.67. The smallest absolute Gasteiger partial charge is 0.118 e. The summed E-state index contributed by atoms with van der Waals surface area (Å²) >= 11 is 0. The monoisotopic (exact) mass is 267 g/mol. The van der Waals surface area contributed by atoms with Gasteiger partial charge in [-0.15, -0.1) is 0 Å². The molecule has 3 rings (SSSR count). The Balaban J connectivity index is 1.90. The maximum Gasteiger partial charge on any atom is 0.118 e. The van der Waals surface area contributed by atoms with Gasteiger partial charge < -0.3 is 14.4 Å². The SMILES string of the molecule is COc1ccc(Cn2ccc3cc(CO)ccc32)cc1. The van der Waals surface area contributed by atoms with Crippen LogP contribution in [0.5, 0.6) is 5.75 Å². The molecule has 0 radical (unpaired) electrons. The number of aromatic nitrogens is 1. The molecule has 0 spiro atoms. The minimum absolute atomic E-state index is 0.0829. The molecule has 3 heteroatoms. The Morgan fingerprint density at radius 2 is 1.75 bits per heavy atom. The Labute approximate surface area is 118 Å². The largest absolute Gasteiger partial charge is 0.497 e. The molecule has 0 amide bonds. The number of hydrogen-bond donors (Lipinski definition) is 1. The summed E-state index contributed by atoms with van der Waals surface area (Å²) in [6.07, 6.45) is 2.08. The highest BCUT2D eigenvalue weighted by Crippen LogP contribution is 2.20. The minimum Gasteiger partial charge on any atom is -0.497 e. The first-order chi connectivity index (χ1) is 9.80. The van der Waals surface area contributed by atoms with Crippen molar-refractivity contribution in [1.82, 2.24) is 4.57 Å². The molecule has 0 aliphatic rings. The highest BCUT2D eigenvalue weighted by Gasteiger charge is 2.03. The second-order valence-electron chi connectivity index (χ2n) is 4.84. The number of nitrogens with zero attached hydrogens (tertiary/aromatic N) is 1. The molecule has 0 fully saturated rings. The quantitative estimate of drug-likeness (QED) is 0.787. The Kier molecular flexibility index (Phi) is 3.44. The van der Waals surface area contributed by atoms with E-state index in [1.165, 1.54) is 11.1 Å². The minimum atomic E-state index is 0.0829. The summed E-state index contributed by atoms with van der Waals surface area (Å²) in [5.41, 5.74) is 3.35. The van der Waals surface area contributed by atoms with Crippen molar-refractivity contribution in [2.24, 2.45) is 0 Å². The molecule has 1 heterocycles. The van der Waals surface area contributed by atoms with Gasteiger partial charge in [0.1, 0.15) is 5.75 Å². The summed E-state index contributed by atoms with van der Waals surface area (Å²) in [5, 5.41) is 10.3. The average Bonchev–Trinajstić information content (AvgIpc) is 2.90. The maximum atomic E-state index is 9.17. The zero-order valence-corrected chi connectivity index (χ0v) is 11.4. The number of methoxy groups -OCH3 is 1. The van der Waals surface area contributed by atoms with Gasteiger partial charge in [-0.3, -0.25) is 0 Å². The predicted octanol–water partition coefficient (Wildman–Crippen LogP) is 3.19. The Morgan fingerprint density at radius 3 is 2.45 bits per heavy atom. The van der Waals surface area contributed by atoms with Crippen LogP contribution in [-0.4, -0.2) is 16.8 Å². The van der Waals surface area contributed by atoms with Crippen molar-refractivity contribution >= 4 is 10.9 Å². The van der Waals surface area contributed by atoms with Crippen LogP contribution in [0.1, 0.15) is 11.1 Å². The zero-order valence-electron chi connectivity index (χ0n) is 11.4. The molecule has 0 aliphatic carbocycles. The van der Waals surface area contributed by atoms with Crippen molar-refractivity contribution in [3.8, 4) is 5.75 Å². The van der Waals surface area contributed by atoms with E-state index in [2.05, 4.69) is 35.0 Å². The molecule has 3 nitrogen and oxygen atoms in total. The van der Waals surface area contributed by atoms with Crippen LogP contribution < -0.4 is 4.74 Å². The lowest BCUT2D eigenvalue weighted by molar-refractivity contribution is 0.282. The molecule has 0 aliphatic heterocycles. The van der Waals surface area contributed by atoms with Crippen molar-refractivity contribution in [3.63, 3.8) is 0 Å². The van der Waals surface area contributed by atoms with E-state index in [4.69, 9.17) is 9.84 Å². The normalized spacial score (nSPS) is 10.9. The van der Waals surface area contributed by atoms with Crippen LogP contribution in [0, 0.1) is 0 Å². The van der Waals surface area contributed by atoms with Gasteiger partial charge in [-0.05, 0) is 46.8 Å². The Bertz CT molecular complexity index is 713. The Hall–Kier alpha value is -2.26. The third kappa shape index (κ3) is 2.40. The van der Waals surface area contributed by atoms with Crippen molar-refractivity contribution < 1.29 is 9.84 Å². The van der Waals surface area contributed by atoms with Crippen LogP contribution >= 0.6 is 0 Å². The van der Waals surface area contributed by atoms with Gasteiger partial charge in [0.2, 0.25) is 0 Å². The van der Waals surface area contributed by atoms with Gasteiger partial charge in [0.15, 0.2) is 0 Å². The van der Waals surface area contributed by atoms with E-state index in [9.17, 15) is 0 Å². The van der Waals surface area contributed by atoms with Crippen LogP contribution in [-0.2, 0) is 13.2 Å². The van der Waals surface area contributed by atoms with Crippen molar-refractivity contribution in [2.75, 3.05) is 7.11 Å². The average molecular weight is 267 g/mol. The summed E-state index contributed by atoms with van der Waals surface area (Å²) in [4.78, 5) is 0. The first-order valence-corrected chi connectivity index (χ1v) is 6.62. The lowest BCUT2D eigenvalue weighted by Gasteiger charge is -2.07. The van der Waals surface area contributed by atoms with E-state index in [1.807, 2.05) is 24.3 Å². The molecule has 1 N–H and O–H groups in total. The maximum absolute atomic E-state index is 9.17. The number of rotatable bonds is 4. The van der Waals surface area contributed by atoms with Gasteiger partial charge in [-0.25, -0.2) is 0 Å². The lowest BCUT2D eigenvalue weighted by atomic mass is 10.1. The summed E-state index contributed by atoms with van der Waals surface area (Å²) in [6, 6.07) is 16.2. The second kappa shape index (κ2) is 5.39. The predicted molar refractivity (Wildman–Crippen MR) is 80.0 cm³/mol. The fraction of sp³-hybridized carbons (Fsp3) is 0.176. The van der Waals surface area contributed by atoms with Crippen molar-refractivity contribution in [3.05, 3.63) is 65.9 Å². The van der Waals surface area contributed by atoms with Crippen molar-refractivity contribution in [1.29, 1.82) is 0 Å². The van der Waals surface area contributed by atoms with Crippen LogP contribution in [0.2, 0.25) is 0 Å². The first kappa shape index (κ1) is 12.8. The van der Waals surface area contributed by atoms with Crippen LogP contribution in [0.15, 0.2) is 54.7 Å². The van der Waals surface area contributed by atoms with Gasteiger partial charge in [0, 0.05) is 18.3 Å². The number of ether oxygens (including phenoxy) is 1. The summed E-state index contributed by atoms with van der Waals surface area (Å²) < 4.78 is 7.38. The van der Waals surface area contributed by atoms with Gasteiger partial charge in [-0.2, -0.15) is 0 Å². The van der Waals surface area contributed by atoms with E-state index in [-0.39, 0.29) is 6.61 Å². The van der Waals surface area contributed by atoms with E-state index in [0.717, 1.165) is 23.2 Å². The molecule has 0 saturated heterocycles. The molecular weight excluding hydrogens is 250 g/mol. The van der Waals surface area contributed by atoms with Gasteiger partial charge >= 0.3 is 0 Å². The third-order valence-corrected chi connectivity index (χ3v) is 3.53. The number of aliphatic hydroxyl groups is 1. The number of hydrogen-bond acceptors (Lipinski definition) is 2. The molecule has 2 aromatic carbocycles. The molecule has 1 aromatic heterocycles. The molecule has 0 bridgehead atoms. The first-order valence-electron chi connectivity index (χ1n) is 6.62. The highest BCUT2D eigenvalue weighted by molar-refractivity contribution is 5.81.